The van der Waals surface area contributed by atoms with Crippen molar-refractivity contribution >= 4 is 23.6 Å². The van der Waals surface area contributed by atoms with E-state index in [1.165, 1.54) is 42.5 Å². The minimum Gasteiger partial charge on any atom is -0.351 e. The van der Waals surface area contributed by atoms with Crippen LogP contribution in [0, 0.1) is 0 Å². The molecule has 1 atom stereocenters. The van der Waals surface area contributed by atoms with Gasteiger partial charge in [-0.15, -0.1) is 0 Å². The molecule has 0 radical (unpaired) electrons. The first kappa shape index (κ1) is 23.7. The standard InChI is InChI=1S/C27H35N9O/c37-27(32-22-13-18-9-11-28-16-19(18)14-22)31-21-7-5-20(6-8-21)30-26-29-12-10-24(34-26)33-25-15-23(35-36-25)17-3-1-2-4-17/h9-12,15-17,20-22H,1-8,13-14H2,(H2,31,32,37)(H3,29,30,33,34,35,36)/t20-,21-,22?. The van der Waals surface area contributed by atoms with Crippen molar-refractivity contribution in [1.82, 2.24) is 35.8 Å². The number of anilines is 3. The number of aromatic nitrogens is 5. The summed E-state index contributed by atoms with van der Waals surface area (Å²) in [5, 5.41) is 20.7. The highest BCUT2D eigenvalue weighted by Crippen LogP contribution is 2.34. The van der Waals surface area contributed by atoms with E-state index in [1.807, 2.05) is 24.5 Å². The van der Waals surface area contributed by atoms with Crippen LogP contribution in [0.25, 0.3) is 0 Å². The van der Waals surface area contributed by atoms with Gasteiger partial charge in [-0.3, -0.25) is 10.1 Å². The first-order valence-corrected chi connectivity index (χ1v) is 13.6. The number of carbonyl (C=O) groups excluding carboxylic acids is 1. The SMILES string of the molecule is O=C(NC1Cc2ccncc2C1)N[C@H]1CC[C@H](Nc2nccc(Nc3cc(C4CCCC4)[nH]n3)n2)CC1. The molecular formula is C27H35N9O. The average molecular weight is 502 g/mol. The third kappa shape index (κ3) is 5.84. The lowest BCUT2D eigenvalue weighted by molar-refractivity contribution is 0.228. The van der Waals surface area contributed by atoms with Gasteiger partial charge in [-0.2, -0.15) is 10.1 Å². The number of urea groups is 1. The highest BCUT2D eigenvalue weighted by molar-refractivity contribution is 5.74. The molecule has 3 heterocycles. The van der Waals surface area contributed by atoms with Gasteiger partial charge in [0.2, 0.25) is 5.95 Å². The molecule has 37 heavy (non-hydrogen) atoms. The number of pyridine rings is 1. The predicted molar refractivity (Wildman–Crippen MR) is 142 cm³/mol. The molecule has 3 aromatic rings. The van der Waals surface area contributed by atoms with Gasteiger partial charge in [0.05, 0.1) is 0 Å². The smallest absolute Gasteiger partial charge is 0.315 e. The first-order valence-electron chi connectivity index (χ1n) is 13.6. The Kier molecular flexibility index (Phi) is 6.88. The van der Waals surface area contributed by atoms with E-state index in [-0.39, 0.29) is 24.2 Å². The number of amides is 2. The van der Waals surface area contributed by atoms with E-state index < -0.39 is 0 Å². The van der Waals surface area contributed by atoms with E-state index in [0.29, 0.717) is 11.9 Å². The Balaban J connectivity index is 0.945. The van der Waals surface area contributed by atoms with Crippen molar-refractivity contribution in [2.75, 3.05) is 10.6 Å². The Morgan fingerprint density at radius 3 is 2.49 bits per heavy atom. The van der Waals surface area contributed by atoms with Gasteiger partial charge >= 0.3 is 6.03 Å². The van der Waals surface area contributed by atoms with Gasteiger partial charge in [0.25, 0.3) is 0 Å². The highest BCUT2D eigenvalue weighted by Gasteiger charge is 2.26. The number of H-pyrrole nitrogens is 1. The molecule has 10 nitrogen and oxygen atoms in total. The zero-order valence-electron chi connectivity index (χ0n) is 21.0. The fraction of sp³-hybridized carbons (Fsp3) is 0.519. The molecule has 1 unspecified atom stereocenters. The maximum Gasteiger partial charge on any atom is 0.315 e. The minimum absolute atomic E-state index is 0.0706. The summed E-state index contributed by atoms with van der Waals surface area (Å²) in [6.45, 7) is 0. The van der Waals surface area contributed by atoms with E-state index in [0.717, 1.165) is 50.2 Å². The zero-order valence-corrected chi connectivity index (χ0v) is 21.0. The Morgan fingerprint density at radius 2 is 1.65 bits per heavy atom. The Bertz CT molecular complexity index is 1190. The molecule has 2 fully saturated rings. The Morgan fingerprint density at radius 1 is 0.865 bits per heavy atom. The van der Waals surface area contributed by atoms with Crippen LogP contribution < -0.4 is 21.3 Å². The van der Waals surface area contributed by atoms with Crippen LogP contribution in [0.4, 0.5) is 22.4 Å². The van der Waals surface area contributed by atoms with Crippen molar-refractivity contribution in [1.29, 1.82) is 0 Å². The van der Waals surface area contributed by atoms with Crippen molar-refractivity contribution < 1.29 is 4.79 Å². The van der Waals surface area contributed by atoms with Gasteiger partial charge in [0.15, 0.2) is 5.82 Å². The predicted octanol–water partition coefficient (Wildman–Crippen LogP) is 4.19. The molecule has 2 saturated carbocycles. The molecule has 0 aromatic carbocycles. The normalized spacial score (nSPS) is 23.4. The highest BCUT2D eigenvalue weighted by atomic mass is 16.2. The van der Waals surface area contributed by atoms with E-state index in [1.54, 1.807) is 6.20 Å². The van der Waals surface area contributed by atoms with Crippen LogP contribution in [0.3, 0.4) is 0 Å². The summed E-state index contributed by atoms with van der Waals surface area (Å²) in [4.78, 5) is 25.8. The largest absolute Gasteiger partial charge is 0.351 e. The number of nitrogens with one attached hydrogen (secondary N) is 5. The van der Waals surface area contributed by atoms with Gasteiger partial charge in [-0.1, -0.05) is 12.8 Å². The third-order valence-electron chi connectivity index (χ3n) is 7.97. The van der Waals surface area contributed by atoms with Crippen LogP contribution in [-0.2, 0) is 12.8 Å². The summed E-state index contributed by atoms with van der Waals surface area (Å²) in [6.07, 6.45) is 16.0. The van der Waals surface area contributed by atoms with E-state index >= 15 is 0 Å². The summed E-state index contributed by atoms with van der Waals surface area (Å²) in [5.74, 6) is 2.72. The molecule has 2 amide bonds. The lowest BCUT2D eigenvalue weighted by atomic mass is 9.91. The maximum atomic E-state index is 12.6. The van der Waals surface area contributed by atoms with Crippen LogP contribution in [-0.4, -0.2) is 49.3 Å². The van der Waals surface area contributed by atoms with E-state index in [9.17, 15) is 4.79 Å². The van der Waals surface area contributed by atoms with Crippen LogP contribution in [0.1, 0.15) is 74.1 Å². The van der Waals surface area contributed by atoms with Crippen LogP contribution in [0.15, 0.2) is 36.8 Å². The van der Waals surface area contributed by atoms with Gasteiger partial charge < -0.3 is 21.3 Å². The van der Waals surface area contributed by atoms with E-state index in [4.69, 9.17) is 0 Å². The number of carbonyl (C=O) groups is 1. The fourth-order valence-electron chi connectivity index (χ4n) is 6.00. The number of aromatic amines is 1. The monoisotopic (exact) mass is 501 g/mol. The third-order valence-corrected chi connectivity index (χ3v) is 7.97. The fourth-order valence-corrected chi connectivity index (χ4v) is 6.00. The number of rotatable bonds is 7. The van der Waals surface area contributed by atoms with E-state index in [2.05, 4.69) is 52.5 Å². The molecule has 3 aliphatic carbocycles. The second-order valence-electron chi connectivity index (χ2n) is 10.6. The summed E-state index contributed by atoms with van der Waals surface area (Å²) < 4.78 is 0. The summed E-state index contributed by atoms with van der Waals surface area (Å²) >= 11 is 0. The molecule has 0 spiro atoms. The molecule has 10 heteroatoms. The topological polar surface area (TPSA) is 133 Å². The molecule has 0 saturated heterocycles. The van der Waals surface area contributed by atoms with Crippen molar-refractivity contribution in [2.24, 2.45) is 0 Å². The van der Waals surface area contributed by atoms with Crippen LogP contribution in [0.5, 0.6) is 0 Å². The molecule has 0 bridgehead atoms. The lowest BCUT2D eigenvalue weighted by Gasteiger charge is -2.30. The van der Waals surface area contributed by atoms with Gasteiger partial charge in [-0.25, -0.2) is 9.78 Å². The zero-order chi connectivity index (χ0) is 25.0. The first-order chi connectivity index (χ1) is 18.2. The molecule has 5 N–H and O–H groups in total. The van der Waals surface area contributed by atoms with Crippen molar-refractivity contribution in [3.63, 3.8) is 0 Å². The van der Waals surface area contributed by atoms with Gasteiger partial charge in [0.1, 0.15) is 5.82 Å². The van der Waals surface area contributed by atoms with Gasteiger partial charge in [-0.05, 0) is 74.6 Å². The van der Waals surface area contributed by atoms with Crippen molar-refractivity contribution in [3.05, 3.63) is 53.6 Å². The van der Waals surface area contributed by atoms with Crippen molar-refractivity contribution in [3.8, 4) is 0 Å². The average Bonchev–Trinajstić information content (AvgIpc) is 3.66. The summed E-state index contributed by atoms with van der Waals surface area (Å²) in [7, 11) is 0. The lowest BCUT2D eigenvalue weighted by Crippen LogP contribution is -2.48. The number of fused-ring (bicyclic) bond motifs is 1. The molecule has 194 valence electrons. The summed E-state index contributed by atoms with van der Waals surface area (Å²) in [5.41, 5.74) is 3.72. The summed E-state index contributed by atoms with van der Waals surface area (Å²) in [6, 6.07) is 6.54. The Labute approximate surface area is 216 Å². The Hall–Kier alpha value is -3.69. The maximum absolute atomic E-state index is 12.6. The number of hydrogen-bond donors (Lipinski definition) is 5. The molecule has 0 aliphatic heterocycles. The van der Waals surface area contributed by atoms with Crippen molar-refractivity contribution in [2.45, 2.75) is 88.3 Å². The van der Waals surface area contributed by atoms with Gasteiger partial charge in [0, 0.05) is 54.4 Å². The second kappa shape index (κ2) is 10.7. The van der Waals surface area contributed by atoms with Crippen LogP contribution >= 0.6 is 0 Å². The molecular weight excluding hydrogens is 466 g/mol. The quantitative estimate of drug-likeness (QED) is 0.328. The van der Waals surface area contributed by atoms with Crippen LogP contribution in [0.2, 0.25) is 0 Å². The molecule has 6 rings (SSSR count). The molecule has 3 aromatic heterocycles. The second-order valence-corrected chi connectivity index (χ2v) is 10.6. The number of hydrogen-bond acceptors (Lipinski definition) is 7. The minimum atomic E-state index is -0.0706. The molecule has 3 aliphatic rings. The number of nitrogens with zero attached hydrogens (tertiary/aromatic N) is 4.